The molecule has 94 valence electrons. The Hall–Kier alpha value is -1.52. The zero-order valence-electron chi connectivity index (χ0n) is 10.4. The zero-order chi connectivity index (χ0) is 12.6. The summed E-state index contributed by atoms with van der Waals surface area (Å²) < 4.78 is 5.34. The van der Waals surface area contributed by atoms with Crippen LogP contribution in [0.15, 0.2) is 12.2 Å². The predicted molar refractivity (Wildman–Crippen MR) is 62.2 cm³/mol. The molecule has 1 saturated heterocycles. The van der Waals surface area contributed by atoms with Crippen LogP contribution in [0.3, 0.4) is 0 Å². The van der Waals surface area contributed by atoms with Crippen LogP contribution in [0.1, 0.15) is 27.2 Å². The van der Waals surface area contributed by atoms with E-state index in [1.54, 1.807) is 9.80 Å². The van der Waals surface area contributed by atoms with Gasteiger partial charge < -0.3 is 9.64 Å². The smallest absolute Gasteiger partial charge is 0.412 e. The Morgan fingerprint density at radius 2 is 2.18 bits per heavy atom. The van der Waals surface area contributed by atoms with E-state index in [1.807, 2.05) is 32.9 Å². The van der Waals surface area contributed by atoms with Crippen LogP contribution >= 0.6 is 0 Å². The average molecular weight is 238 g/mol. The minimum absolute atomic E-state index is 0.0139. The standard InChI is InChI=1S/C12H18N2O3/c1-12(2,3)17-11(16)14-7-13(8-15)9-5-4-6-10(9)14/h4-5,8-10H,6-7H2,1-3H3/t9-,10+/m0/s1. The van der Waals surface area contributed by atoms with E-state index in [-0.39, 0.29) is 18.2 Å². The lowest BCUT2D eigenvalue weighted by Crippen LogP contribution is -2.41. The third-order valence-corrected chi connectivity index (χ3v) is 2.97. The summed E-state index contributed by atoms with van der Waals surface area (Å²) in [4.78, 5) is 26.2. The lowest BCUT2D eigenvalue weighted by Gasteiger charge is -2.27. The number of carbonyl (C=O) groups excluding carboxylic acids is 2. The van der Waals surface area contributed by atoms with Gasteiger partial charge in [-0.15, -0.1) is 0 Å². The van der Waals surface area contributed by atoms with Crippen LogP contribution in [0.25, 0.3) is 0 Å². The first-order valence-corrected chi connectivity index (χ1v) is 5.80. The number of rotatable bonds is 1. The molecular weight excluding hydrogens is 220 g/mol. The third kappa shape index (κ3) is 2.28. The van der Waals surface area contributed by atoms with Crippen molar-refractivity contribution >= 4 is 12.5 Å². The van der Waals surface area contributed by atoms with Gasteiger partial charge in [0.25, 0.3) is 0 Å². The molecule has 5 nitrogen and oxygen atoms in total. The average Bonchev–Trinajstić information content (AvgIpc) is 2.73. The molecule has 0 aromatic heterocycles. The van der Waals surface area contributed by atoms with Gasteiger partial charge in [-0.3, -0.25) is 9.69 Å². The van der Waals surface area contributed by atoms with E-state index in [2.05, 4.69) is 0 Å². The molecule has 0 unspecified atom stereocenters. The van der Waals surface area contributed by atoms with Crippen molar-refractivity contribution in [3.8, 4) is 0 Å². The number of hydrogen-bond acceptors (Lipinski definition) is 3. The Morgan fingerprint density at radius 3 is 2.76 bits per heavy atom. The highest BCUT2D eigenvalue weighted by atomic mass is 16.6. The molecule has 0 aromatic carbocycles. The number of carbonyl (C=O) groups is 2. The van der Waals surface area contributed by atoms with Gasteiger partial charge >= 0.3 is 6.09 Å². The number of ether oxygens (including phenoxy) is 1. The van der Waals surface area contributed by atoms with Gasteiger partial charge in [-0.05, 0) is 27.2 Å². The fourth-order valence-electron chi connectivity index (χ4n) is 2.26. The molecule has 0 bridgehead atoms. The van der Waals surface area contributed by atoms with E-state index >= 15 is 0 Å². The maximum atomic E-state index is 12.0. The molecule has 0 aromatic rings. The Bertz CT molecular complexity index is 359. The van der Waals surface area contributed by atoms with Gasteiger partial charge in [0.05, 0.1) is 18.8 Å². The molecule has 1 aliphatic heterocycles. The van der Waals surface area contributed by atoms with Crippen molar-refractivity contribution in [2.75, 3.05) is 6.67 Å². The largest absolute Gasteiger partial charge is 0.444 e. The highest BCUT2D eigenvalue weighted by molar-refractivity contribution is 5.70. The van der Waals surface area contributed by atoms with E-state index in [1.165, 1.54) is 0 Å². The van der Waals surface area contributed by atoms with Gasteiger partial charge in [0, 0.05) is 0 Å². The molecule has 0 N–H and O–H groups in total. The van der Waals surface area contributed by atoms with Crippen molar-refractivity contribution < 1.29 is 14.3 Å². The predicted octanol–water partition coefficient (Wildman–Crippen LogP) is 1.35. The first kappa shape index (κ1) is 12.0. The van der Waals surface area contributed by atoms with E-state index in [9.17, 15) is 9.59 Å². The topological polar surface area (TPSA) is 49.9 Å². The maximum absolute atomic E-state index is 12.0. The summed E-state index contributed by atoms with van der Waals surface area (Å²) in [5.41, 5.74) is -0.507. The number of nitrogens with zero attached hydrogens (tertiary/aromatic N) is 2. The van der Waals surface area contributed by atoms with Crippen LogP contribution in [0, 0.1) is 0 Å². The Labute approximate surface area is 101 Å². The van der Waals surface area contributed by atoms with Crippen molar-refractivity contribution in [2.24, 2.45) is 0 Å². The van der Waals surface area contributed by atoms with Crippen molar-refractivity contribution in [3.63, 3.8) is 0 Å². The van der Waals surface area contributed by atoms with Gasteiger partial charge in [-0.25, -0.2) is 4.79 Å². The van der Waals surface area contributed by atoms with Crippen LogP contribution in [0.2, 0.25) is 0 Å². The van der Waals surface area contributed by atoms with E-state index < -0.39 is 5.60 Å². The van der Waals surface area contributed by atoms with Crippen LogP contribution in [0.4, 0.5) is 4.79 Å². The van der Waals surface area contributed by atoms with Crippen molar-refractivity contribution in [3.05, 3.63) is 12.2 Å². The summed E-state index contributed by atoms with van der Waals surface area (Å²) in [7, 11) is 0. The van der Waals surface area contributed by atoms with Crippen molar-refractivity contribution in [1.82, 2.24) is 9.80 Å². The minimum Gasteiger partial charge on any atom is -0.444 e. The minimum atomic E-state index is -0.507. The molecule has 1 heterocycles. The molecule has 2 rings (SSSR count). The first-order chi connectivity index (χ1) is 7.92. The summed E-state index contributed by atoms with van der Waals surface area (Å²) in [6.45, 7) is 5.83. The Balaban J connectivity index is 2.08. The Morgan fingerprint density at radius 1 is 1.47 bits per heavy atom. The highest BCUT2D eigenvalue weighted by Crippen LogP contribution is 2.29. The van der Waals surface area contributed by atoms with E-state index in [4.69, 9.17) is 4.74 Å². The van der Waals surface area contributed by atoms with Crippen LogP contribution < -0.4 is 0 Å². The van der Waals surface area contributed by atoms with Crippen LogP contribution in [-0.4, -0.2) is 46.7 Å². The van der Waals surface area contributed by atoms with Gasteiger partial charge in [-0.1, -0.05) is 12.2 Å². The molecule has 1 aliphatic carbocycles. The molecule has 0 spiro atoms. The number of hydrogen-bond donors (Lipinski definition) is 0. The fourth-order valence-corrected chi connectivity index (χ4v) is 2.26. The fraction of sp³-hybridized carbons (Fsp3) is 0.667. The number of amides is 2. The summed E-state index contributed by atoms with van der Waals surface area (Å²) >= 11 is 0. The zero-order valence-corrected chi connectivity index (χ0v) is 10.4. The first-order valence-electron chi connectivity index (χ1n) is 5.80. The quantitative estimate of drug-likeness (QED) is 0.512. The lowest BCUT2D eigenvalue weighted by atomic mass is 10.1. The highest BCUT2D eigenvalue weighted by Gasteiger charge is 2.43. The molecular formula is C12H18N2O3. The summed E-state index contributed by atoms with van der Waals surface area (Å²) in [5, 5.41) is 0. The molecule has 0 saturated carbocycles. The molecule has 17 heavy (non-hydrogen) atoms. The van der Waals surface area contributed by atoms with Gasteiger partial charge in [0.2, 0.25) is 6.41 Å². The molecule has 5 heteroatoms. The number of fused-ring (bicyclic) bond motifs is 1. The van der Waals surface area contributed by atoms with Gasteiger partial charge in [0.15, 0.2) is 0 Å². The summed E-state index contributed by atoms with van der Waals surface area (Å²) in [6.07, 6.45) is 5.21. The second-order valence-electron chi connectivity index (χ2n) is 5.43. The molecule has 2 amide bonds. The molecule has 0 radical (unpaired) electrons. The lowest BCUT2D eigenvalue weighted by molar-refractivity contribution is -0.118. The third-order valence-electron chi connectivity index (χ3n) is 2.97. The Kier molecular flexibility index (Phi) is 2.85. The van der Waals surface area contributed by atoms with Crippen molar-refractivity contribution in [1.29, 1.82) is 0 Å². The second-order valence-corrected chi connectivity index (χ2v) is 5.43. The van der Waals surface area contributed by atoms with Crippen LogP contribution in [0.5, 0.6) is 0 Å². The normalized spacial score (nSPS) is 27.2. The van der Waals surface area contributed by atoms with E-state index in [0.29, 0.717) is 6.67 Å². The monoisotopic (exact) mass is 238 g/mol. The molecule has 1 fully saturated rings. The van der Waals surface area contributed by atoms with Crippen molar-refractivity contribution in [2.45, 2.75) is 44.9 Å². The van der Waals surface area contributed by atoms with E-state index in [0.717, 1.165) is 12.8 Å². The maximum Gasteiger partial charge on any atom is 0.412 e. The van der Waals surface area contributed by atoms with Gasteiger partial charge in [-0.2, -0.15) is 0 Å². The summed E-state index contributed by atoms with van der Waals surface area (Å²) in [5.74, 6) is 0. The second kappa shape index (κ2) is 4.05. The van der Waals surface area contributed by atoms with Crippen LogP contribution in [-0.2, 0) is 9.53 Å². The molecule has 2 atom stereocenters. The summed E-state index contributed by atoms with van der Waals surface area (Å²) in [6, 6.07) is 0.0510. The molecule has 2 aliphatic rings. The SMILES string of the molecule is CC(C)(C)OC(=O)N1CN(C=O)[C@H]2C=CC[C@H]21. The van der Waals surface area contributed by atoms with Gasteiger partial charge in [0.1, 0.15) is 5.60 Å².